The van der Waals surface area contributed by atoms with Gasteiger partial charge in [0.15, 0.2) is 18.1 Å². The summed E-state index contributed by atoms with van der Waals surface area (Å²) in [4.78, 5) is 24.1. The molecule has 146 valence electrons. The van der Waals surface area contributed by atoms with Crippen LogP contribution >= 0.6 is 12.4 Å². The van der Waals surface area contributed by atoms with Crippen LogP contribution in [0.1, 0.15) is 24.2 Å². The van der Waals surface area contributed by atoms with Crippen molar-refractivity contribution in [2.45, 2.75) is 19.9 Å². The number of rotatable bonds is 7. The van der Waals surface area contributed by atoms with Gasteiger partial charge in [-0.3, -0.25) is 9.59 Å². The fourth-order valence-electron chi connectivity index (χ4n) is 2.24. The molecule has 2 aromatic carbocycles. The molecule has 2 aromatic rings. The molecule has 0 aromatic heterocycles. The first-order valence-electron chi connectivity index (χ1n) is 8.16. The van der Waals surface area contributed by atoms with Crippen molar-refractivity contribution >= 4 is 35.6 Å². The standard InChI is InChI=1S/C19H23N3O4.ClH/c1-12(2)21-18(23)11-26-16-9-8-13(10-17(16)25-3)19(24)22-15-7-5-4-6-14(15)20;/h4-10,12H,11,20H2,1-3H3,(H,21,23)(H,22,24);1H. The maximum Gasteiger partial charge on any atom is 0.258 e. The molecule has 0 radical (unpaired) electrons. The Labute approximate surface area is 164 Å². The first-order valence-corrected chi connectivity index (χ1v) is 8.16. The van der Waals surface area contributed by atoms with Gasteiger partial charge in [0.25, 0.3) is 11.8 Å². The summed E-state index contributed by atoms with van der Waals surface area (Å²) in [7, 11) is 1.47. The molecule has 0 aliphatic rings. The molecule has 4 N–H and O–H groups in total. The van der Waals surface area contributed by atoms with Crippen LogP contribution < -0.4 is 25.8 Å². The number of benzene rings is 2. The number of para-hydroxylation sites is 2. The molecular weight excluding hydrogens is 370 g/mol. The van der Waals surface area contributed by atoms with Crippen LogP contribution in [-0.2, 0) is 4.79 Å². The van der Waals surface area contributed by atoms with Gasteiger partial charge in [-0.2, -0.15) is 0 Å². The van der Waals surface area contributed by atoms with Crippen LogP contribution in [0.3, 0.4) is 0 Å². The van der Waals surface area contributed by atoms with Crippen molar-refractivity contribution in [3.05, 3.63) is 48.0 Å². The Morgan fingerprint density at radius 3 is 2.44 bits per heavy atom. The molecule has 2 amide bonds. The Balaban J connectivity index is 0.00000364. The van der Waals surface area contributed by atoms with E-state index in [4.69, 9.17) is 15.2 Å². The van der Waals surface area contributed by atoms with Gasteiger partial charge in [0.2, 0.25) is 0 Å². The molecule has 0 unspecified atom stereocenters. The second-order valence-electron chi connectivity index (χ2n) is 5.92. The monoisotopic (exact) mass is 393 g/mol. The van der Waals surface area contributed by atoms with E-state index >= 15 is 0 Å². The van der Waals surface area contributed by atoms with Crippen molar-refractivity contribution in [3.63, 3.8) is 0 Å². The number of nitrogen functional groups attached to an aromatic ring is 1. The van der Waals surface area contributed by atoms with Gasteiger partial charge < -0.3 is 25.8 Å². The number of hydrogen-bond acceptors (Lipinski definition) is 5. The summed E-state index contributed by atoms with van der Waals surface area (Å²) >= 11 is 0. The third-order valence-electron chi connectivity index (χ3n) is 3.44. The van der Waals surface area contributed by atoms with Crippen LogP contribution in [0, 0.1) is 0 Å². The molecule has 0 bridgehead atoms. The molecule has 0 spiro atoms. The lowest BCUT2D eigenvalue weighted by Gasteiger charge is -2.13. The van der Waals surface area contributed by atoms with E-state index in [1.165, 1.54) is 7.11 Å². The molecule has 0 saturated heterocycles. The smallest absolute Gasteiger partial charge is 0.258 e. The van der Waals surface area contributed by atoms with E-state index < -0.39 is 0 Å². The van der Waals surface area contributed by atoms with Crippen LogP contribution in [-0.4, -0.2) is 31.6 Å². The van der Waals surface area contributed by atoms with E-state index in [9.17, 15) is 9.59 Å². The van der Waals surface area contributed by atoms with Crippen molar-refractivity contribution in [3.8, 4) is 11.5 Å². The number of amides is 2. The second-order valence-corrected chi connectivity index (χ2v) is 5.92. The average molecular weight is 394 g/mol. The summed E-state index contributed by atoms with van der Waals surface area (Å²) in [6, 6.07) is 11.7. The lowest BCUT2D eigenvalue weighted by atomic mass is 10.1. The van der Waals surface area contributed by atoms with Gasteiger partial charge in [0, 0.05) is 11.6 Å². The van der Waals surface area contributed by atoms with Gasteiger partial charge in [-0.05, 0) is 44.2 Å². The predicted molar refractivity (Wildman–Crippen MR) is 108 cm³/mol. The topological polar surface area (TPSA) is 103 Å². The number of nitrogens with one attached hydrogen (secondary N) is 2. The second kappa shape index (κ2) is 10.3. The molecule has 27 heavy (non-hydrogen) atoms. The number of anilines is 2. The Kier molecular flexibility index (Phi) is 8.41. The maximum absolute atomic E-state index is 12.4. The molecule has 0 heterocycles. The predicted octanol–water partition coefficient (Wildman–Crippen LogP) is 2.85. The molecule has 0 aliphatic heterocycles. The quantitative estimate of drug-likeness (QED) is 0.627. The van der Waals surface area contributed by atoms with E-state index in [-0.39, 0.29) is 36.9 Å². The Morgan fingerprint density at radius 2 is 1.81 bits per heavy atom. The van der Waals surface area contributed by atoms with Crippen molar-refractivity contribution < 1.29 is 19.1 Å². The van der Waals surface area contributed by atoms with E-state index in [1.807, 2.05) is 13.8 Å². The third kappa shape index (κ3) is 6.38. The van der Waals surface area contributed by atoms with Gasteiger partial charge in [-0.15, -0.1) is 12.4 Å². The summed E-state index contributed by atoms with van der Waals surface area (Å²) in [5.74, 6) is 0.173. The summed E-state index contributed by atoms with van der Waals surface area (Å²) in [6.07, 6.45) is 0. The SMILES string of the molecule is COc1cc(C(=O)Nc2ccccc2N)ccc1OCC(=O)NC(C)C.Cl. The average Bonchev–Trinajstić information content (AvgIpc) is 2.61. The largest absolute Gasteiger partial charge is 0.493 e. The zero-order valence-electron chi connectivity index (χ0n) is 15.4. The van der Waals surface area contributed by atoms with Crippen LogP contribution in [0.15, 0.2) is 42.5 Å². The highest BCUT2D eigenvalue weighted by atomic mass is 35.5. The van der Waals surface area contributed by atoms with Crippen molar-refractivity contribution in [2.24, 2.45) is 0 Å². The van der Waals surface area contributed by atoms with Crippen LogP contribution in [0.4, 0.5) is 11.4 Å². The molecule has 0 fully saturated rings. The first kappa shape index (κ1) is 22.1. The van der Waals surface area contributed by atoms with Crippen LogP contribution in [0.2, 0.25) is 0 Å². The fraction of sp³-hybridized carbons (Fsp3) is 0.263. The molecule has 0 saturated carbocycles. The molecular formula is C19H24ClN3O4. The number of methoxy groups -OCH3 is 1. The van der Waals surface area contributed by atoms with Crippen molar-refractivity contribution in [1.82, 2.24) is 5.32 Å². The molecule has 7 nitrogen and oxygen atoms in total. The fourth-order valence-corrected chi connectivity index (χ4v) is 2.24. The molecule has 0 aliphatic carbocycles. The highest BCUT2D eigenvalue weighted by Gasteiger charge is 2.13. The van der Waals surface area contributed by atoms with Gasteiger partial charge in [0.05, 0.1) is 18.5 Å². The summed E-state index contributed by atoms with van der Waals surface area (Å²) in [6.45, 7) is 3.59. The molecule has 0 atom stereocenters. The lowest BCUT2D eigenvalue weighted by molar-refractivity contribution is -0.123. The summed E-state index contributed by atoms with van der Waals surface area (Å²) < 4.78 is 10.7. The Bertz CT molecular complexity index is 796. The number of carbonyl (C=O) groups is 2. The van der Waals surface area contributed by atoms with Gasteiger partial charge in [-0.1, -0.05) is 12.1 Å². The number of halogens is 1. The number of carbonyl (C=O) groups excluding carboxylic acids is 2. The van der Waals surface area contributed by atoms with Gasteiger partial charge >= 0.3 is 0 Å². The highest BCUT2D eigenvalue weighted by Crippen LogP contribution is 2.28. The minimum absolute atomic E-state index is 0. The minimum Gasteiger partial charge on any atom is -0.493 e. The number of nitrogens with two attached hydrogens (primary N) is 1. The summed E-state index contributed by atoms with van der Waals surface area (Å²) in [5.41, 5.74) is 7.22. The third-order valence-corrected chi connectivity index (χ3v) is 3.44. The van der Waals surface area contributed by atoms with Gasteiger partial charge in [0.1, 0.15) is 0 Å². The first-order chi connectivity index (χ1) is 12.4. The van der Waals surface area contributed by atoms with E-state index in [0.717, 1.165) is 0 Å². The molecule has 2 rings (SSSR count). The highest BCUT2D eigenvalue weighted by molar-refractivity contribution is 6.06. The lowest BCUT2D eigenvalue weighted by Crippen LogP contribution is -2.34. The maximum atomic E-state index is 12.4. The van der Waals surface area contributed by atoms with Gasteiger partial charge in [-0.25, -0.2) is 0 Å². The van der Waals surface area contributed by atoms with E-state index in [1.54, 1.807) is 42.5 Å². The Morgan fingerprint density at radius 1 is 1.11 bits per heavy atom. The summed E-state index contributed by atoms with van der Waals surface area (Å²) in [5, 5.41) is 5.48. The van der Waals surface area contributed by atoms with Crippen LogP contribution in [0.25, 0.3) is 0 Å². The number of hydrogen-bond donors (Lipinski definition) is 3. The van der Waals surface area contributed by atoms with E-state index in [2.05, 4.69) is 10.6 Å². The van der Waals surface area contributed by atoms with Crippen molar-refractivity contribution in [2.75, 3.05) is 24.8 Å². The number of ether oxygens (including phenoxy) is 2. The normalized spacial score (nSPS) is 9.93. The Hall–Kier alpha value is -2.93. The van der Waals surface area contributed by atoms with E-state index in [0.29, 0.717) is 28.4 Å². The zero-order chi connectivity index (χ0) is 19.1. The van der Waals surface area contributed by atoms with Crippen LogP contribution in [0.5, 0.6) is 11.5 Å². The van der Waals surface area contributed by atoms with Crippen molar-refractivity contribution in [1.29, 1.82) is 0 Å². The minimum atomic E-state index is -0.328. The molecule has 8 heteroatoms. The zero-order valence-corrected chi connectivity index (χ0v) is 16.3.